The smallest absolute Gasteiger partial charge is 0.406 e. The Hall–Kier alpha value is -2.49. The maximum Gasteiger partial charge on any atom is 0.573 e. The molecular weight excluding hydrogens is 385 g/mol. The maximum atomic E-state index is 12.6. The van der Waals surface area contributed by atoms with Crippen molar-refractivity contribution < 1.29 is 17.9 Å². The second kappa shape index (κ2) is 8.71. The highest BCUT2D eigenvalue weighted by atomic mass is 19.4. The monoisotopic (exact) mass is 412 g/mol. The van der Waals surface area contributed by atoms with Gasteiger partial charge in [-0.25, -0.2) is 0 Å². The topological polar surface area (TPSA) is 9.23 Å². The van der Waals surface area contributed by atoms with E-state index in [4.69, 9.17) is 0 Å². The summed E-state index contributed by atoms with van der Waals surface area (Å²) in [4.78, 5) is 0. The van der Waals surface area contributed by atoms with Gasteiger partial charge in [-0.2, -0.15) is 0 Å². The van der Waals surface area contributed by atoms with Crippen molar-refractivity contribution >= 4 is 10.8 Å². The highest BCUT2D eigenvalue weighted by molar-refractivity contribution is 5.87. The lowest BCUT2D eigenvalue weighted by Gasteiger charge is -2.35. The first-order valence-corrected chi connectivity index (χ1v) is 10.8. The summed E-state index contributed by atoms with van der Waals surface area (Å²) in [7, 11) is 0. The molecule has 1 aliphatic rings. The zero-order valence-corrected chi connectivity index (χ0v) is 17.2. The van der Waals surface area contributed by atoms with Crippen molar-refractivity contribution in [2.24, 2.45) is 5.92 Å². The van der Waals surface area contributed by atoms with Gasteiger partial charge in [0, 0.05) is 5.92 Å². The van der Waals surface area contributed by atoms with E-state index in [1.807, 2.05) is 12.1 Å². The Balaban J connectivity index is 1.72. The normalized spacial score (nSPS) is 18.9. The molecule has 30 heavy (non-hydrogen) atoms. The average molecular weight is 412 g/mol. The van der Waals surface area contributed by atoms with E-state index < -0.39 is 6.36 Å². The number of hydrogen-bond acceptors (Lipinski definition) is 1. The maximum absolute atomic E-state index is 12.6. The molecule has 0 radical (unpaired) electrons. The zero-order valence-electron chi connectivity index (χ0n) is 17.2. The molecule has 0 bridgehead atoms. The molecule has 0 unspecified atom stereocenters. The predicted molar refractivity (Wildman–Crippen MR) is 115 cm³/mol. The fraction of sp³-hybridized carbons (Fsp3) is 0.385. The van der Waals surface area contributed by atoms with Crippen LogP contribution in [0.3, 0.4) is 0 Å². The molecule has 0 spiro atoms. The van der Waals surface area contributed by atoms with Crippen molar-refractivity contribution in [2.45, 2.75) is 57.7 Å². The molecule has 3 aromatic rings. The fourth-order valence-electron chi connectivity index (χ4n) is 4.97. The standard InChI is InChI=1S/C26H27F3O/c1-2-3-4-8-19-13-16-23-22-9-6-5-7-18(22)12-17-24(23)25(19)20-10-14-21(15-11-20)30-26(27,28)29/h5-7,9-12,14-15,17,19,25H,2-4,8,13,16H2,1H3/t19-,25-/m1/s1. The third kappa shape index (κ3) is 4.48. The first-order valence-electron chi connectivity index (χ1n) is 10.8. The summed E-state index contributed by atoms with van der Waals surface area (Å²) in [5, 5.41) is 2.54. The van der Waals surface area contributed by atoms with Gasteiger partial charge >= 0.3 is 6.36 Å². The van der Waals surface area contributed by atoms with E-state index in [1.165, 1.54) is 53.3 Å². The largest absolute Gasteiger partial charge is 0.573 e. The molecule has 2 atom stereocenters. The number of rotatable bonds is 6. The molecule has 1 nitrogen and oxygen atoms in total. The van der Waals surface area contributed by atoms with E-state index in [2.05, 4.69) is 48.1 Å². The van der Waals surface area contributed by atoms with Gasteiger partial charge in [-0.3, -0.25) is 0 Å². The summed E-state index contributed by atoms with van der Waals surface area (Å²) in [6.45, 7) is 2.21. The van der Waals surface area contributed by atoms with Crippen LogP contribution in [0.25, 0.3) is 10.8 Å². The van der Waals surface area contributed by atoms with Crippen LogP contribution in [0.2, 0.25) is 0 Å². The Labute approximate surface area is 175 Å². The van der Waals surface area contributed by atoms with E-state index in [0.29, 0.717) is 5.92 Å². The van der Waals surface area contributed by atoms with Crippen molar-refractivity contribution in [3.8, 4) is 5.75 Å². The van der Waals surface area contributed by atoms with E-state index in [0.717, 1.165) is 24.8 Å². The van der Waals surface area contributed by atoms with Crippen molar-refractivity contribution in [2.75, 3.05) is 0 Å². The van der Waals surface area contributed by atoms with Crippen molar-refractivity contribution in [1.29, 1.82) is 0 Å². The molecule has 0 saturated heterocycles. The summed E-state index contributed by atoms with van der Waals surface area (Å²) in [6, 6.07) is 19.4. The number of alkyl halides is 3. The molecular formula is C26H27F3O. The third-order valence-corrected chi connectivity index (χ3v) is 6.30. The van der Waals surface area contributed by atoms with Gasteiger partial charge in [0.15, 0.2) is 0 Å². The second-order valence-corrected chi connectivity index (χ2v) is 8.24. The van der Waals surface area contributed by atoms with Crippen molar-refractivity contribution in [1.82, 2.24) is 0 Å². The molecule has 1 aliphatic carbocycles. The molecule has 0 N–H and O–H groups in total. The lowest BCUT2D eigenvalue weighted by molar-refractivity contribution is -0.274. The number of aryl methyl sites for hydroxylation is 1. The zero-order chi connectivity index (χ0) is 21.1. The van der Waals surface area contributed by atoms with Gasteiger partial charge in [0.05, 0.1) is 0 Å². The van der Waals surface area contributed by atoms with Crippen LogP contribution >= 0.6 is 0 Å². The van der Waals surface area contributed by atoms with Crippen molar-refractivity contribution in [3.05, 3.63) is 77.4 Å². The highest BCUT2D eigenvalue weighted by Crippen LogP contribution is 2.45. The summed E-state index contributed by atoms with van der Waals surface area (Å²) in [6.07, 6.45) is 2.23. The number of hydrogen-bond donors (Lipinski definition) is 0. The van der Waals surface area contributed by atoms with Gasteiger partial charge in [0.25, 0.3) is 0 Å². The van der Waals surface area contributed by atoms with Crippen LogP contribution in [-0.2, 0) is 6.42 Å². The Morgan fingerprint density at radius 3 is 2.43 bits per heavy atom. The first kappa shape index (κ1) is 20.8. The van der Waals surface area contributed by atoms with Crippen LogP contribution < -0.4 is 4.74 Å². The molecule has 0 fully saturated rings. The Morgan fingerprint density at radius 2 is 1.70 bits per heavy atom. The van der Waals surface area contributed by atoms with E-state index in [9.17, 15) is 13.2 Å². The van der Waals surface area contributed by atoms with Crippen LogP contribution in [0.4, 0.5) is 13.2 Å². The lowest BCUT2D eigenvalue weighted by Crippen LogP contribution is -2.22. The van der Waals surface area contributed by atoms with Crippen molar-refractivity contribution in [3.63, 3.8) is 0 Å². The van der Waals surface area contributed by atoms with Gasteiger partial charge in [0.1, 0.15) is 5.75 Å². The SMILES string of the molecule is CCCCC[C@@H]1CCc2c(ccc3ccccc23)[C@H]1c1ccc(OC(F)(F)F)cc1. The fourth-order valence-corrected chi connectivity index (χ4v) is 4.97. The van der Waals surface area contributed by atoms with Gasteiger partial charge in [-0.1, -0.05) is 74.7 Å². The van der Waals surface area contributed by atoms with Crippen LogP contribution in [0.15, 0.2) is 60.7 Å². The quantitative estimate of drug-likeness (QED) is 0.373. The molecule has 0 heterocycles. The van der Waals surface area contributed by atoms with Crippen LogP contribution in [0, 0.1) is 5.92 Å². The van der Waals surface area contributed by atoms with Crippen LogP contribution in [0.1, 0.15) is 61.6 Å². The van der Waals surface area contributed by atoms with Gasteiger partial charge < -0.3 is 4.74 Å². The summed E-state index contributed by atoms with van der Waals surface area (Å²) in [5.41, 5.74) is 3.79. The highest BCUT2D eigenvalue weighted by Gasteiger charge is 2.33. The summed E-state index contributed by atoms with van der Waals surface area (Å²) < 4.78 is 41.7. The molecule has 0 aliphatic heterocycles. The van der Waals surface area contributed by atoms with E-state index in [-0.39, 0.29) is 11.7 Å². The molecule has 0 amide bonds. The Kier molecular flexibility index (Phi) is 6.03. The number of halogens is 3. The second-order valence-electron chi connectivity index (χ2n) is 8.24. The minimum Gasteiger partial charge on any atom is -0.406 e. The number of fused-ring (bicyclic) bond motifs is 3. The molecule has 4 rings (SSSR count). The van der Waals surface area contributed by atoms with Gasteiger partial charge in [0.2, 0.25) is 0 Å². The number of ether oxygens (including phenoxy) is 1. The third-order valence-electron chi connectivity index (χ3n) is 6.30. The number of benzene rings is 3. The molecule has 4 heteroatoms. The Morgan fingerprint density at radius 1 is 0.933 bits per heavy atom. The summed E-state index contributed by atoms with van der Waals surface area (Å²) in [5.74, 6) is 0.540. The average Bonchev–Trinajstić information content (AvgIpc) is 2.73. The van der Waals surface area contributed by atoms with Gasteiger partial charge in [-0.05, 0) is 64.8 Å². The Bertz CT molecular complexity index is 991. The van der Waals surface area contributed by atoms with E-state index >= 15 is 0 Å². The first-order chi connectivity index (χ1) is 14.5. The molecule has 3 aromatic carbocycles. The number of unbranched alkanes of at least 4 members (excludes halogenated alkanes) is 2. The summed E-state index contributed by atoms with van der Waals surface area (Å²) >= 11 is 0. The minimum absolute atomic E-state index is 0.164. The minimum atomic E-state index is -4.67. The van der Waals surface area contributed by atoms with E-state index in [1.54, 1.807) is 0 Å². The van der Waals surface area contributed by atoms with Crippen LogP contribution in [-0.4, -0.2) is 6.36 Å². The molecule has 0 aromatic heterocycles. The molecule has 0 saturated carbocycles. The lowest BCUT2D eigenvalue weighted by atomic mass is 9.69. The predicted octanol–water partition coefficient (Wildman–Crippen LogP) is 8.01. The van der Waals surface area contributed by atoms with Crippen LogP contribution in [0.5, 0.6) is 5.75 Å². The molecule has 158 valence electrons. The van der Waals surface area contributed by atoms with Gasteiger partial charge in [-0.15, -0.1) is 13.2 Å².